The van der Waals surface area contributed by atoms with Crippen molar-refractivity contribution >= 4 is 11.4 Å². The van der Waals surface area contributed by atoms with Gasteiger partial charge in [0.15, 0.2) is 11.3 Å². The summed E-state index contributed by atoms with van der Waals surface area (Å²) in [7, 11) is 0. The zero-order valence-electron chi connectivity index (χ0n) is 22.1. The summed E-state index contributed by atoms with van der Waals surface area (Å²) in [4.78, 5) is 35.9. The van der Waals surface area contributed by atoms with E-state index in [4.69, 9.17) is 10.1 Å². The molecule has 1 aliphatic carbocycles. The molecule has 0 unspecified atom stereocenters. The Bertz CT molecular complexity index is 1280. The van der Waals surface area contributed by atoms with E-state index in [2.05, 4.69) is 25.8 Å². The number of H-pyrrole nitrogens is 1. The van der Waals surface area contributed by atoms with Crippen molar-refractivity contribution < 1.29 is 4.79 Å². The number of hydrogen-bond donors (Lipinski definition) is 1. The van der Waals surface area contributed by atoms with Gasteiger partial charge in [-0.1, -0.05) is 39.8 Å². The Balaban J connectivity index is 1.45. The third-order valence-corrected chi connectivity index (χ3v) is 8.30. The number of aryl methyl sites for hydroxylation is 1. The Morgan fingerprint density at radius 2 is 1.69 bits per heavy atom. The molecule has 0 bridgehead atoms. The minimum Gasteiger partial charge on any atom is -0.339 e. The molecule has 36 heavy (non-hydrogen) atoms. The van der Waals surface area contributed by atoms with Crippen LogP contribution in [-0.2, 0) is 6.42 Å². The Morgan fingerprint density at radius 3 is 2.31 bits per heavy atom. The highest BCUT2D eigenvalue weighted by Gasteiger charge is 2.33. The summed E-state index contributed by atoms with van der Waals surface area (Å²) in [5.41, 5.74) is 3.00. The van der Waals surface area contributed by atoms with E-state index in [1.807, 2.05) is 40.6 Å². The molecule has 192 valence electrons. The van der Waals surface area contributed by atoms with Crippen molar-refractivity contribution in [3.8, 4) is 11.4 Å². The van der Waals surface area contributed by atoms with E-state index in [0.29, 0.717) is 40.6 Å². The maximum Gasteiger partial charge on any atom is 0.277 e. The van der Waals surface area contributed by atoms with Gasteiger partial charge in [-0.3, -0.25) is 9.59 Å². The standard InChI is InChI=1S/C29H39N5O2/c1-5-23-24-27(35)31-25(19-9-11-21(12-10-19)28(36)33-17-7-6-8-18-33)32-34(24)26(30-23)20-13-15-22(16-14-20)29(2,3)4/h9-12,20,22H,5-8,13-18H2,1-4H3,(H,31,32,35)/t20-,22+. The smallest absolute Gasteiger partial charge is 0.277 e. The van der Waals surface area contributed by atoms with Crippen LogP contribution in [0.2, 0.25) is 0 Å². The van der Waals surface area contributed by atoms with E-state index in [0.717, 1.165) is 55.9 Å². The van der Waals surface area contributed by atoms with E-state index in [-0.39, 0.29) is 11.5 Å². The van der Waals surface area contributed by atoms with Crippen molar-refractivity contribution in [3.05, 3.63) is 51.7 Å². The lowest BCUT2D eigenvalue weighted by atomic mass is 9.70. The highest BCUT2D eigenvalue weighted by atomic mass is 16.2. The van der Waals surface area contributed by atoms with Gasteiger partial charge in [-0.2, -0.15) is 0 Å². The fourth-order valence-electron chi connectivity index (χ4n) is 6.00. The van der Waals surface area contributed by atoms with Crippen LogP contribution < -0.4 is 5.56 Å². The number of nitrogens with one attached hydrogen (secondary N) is 1. The van der Waals surface area contributed by atoms with Gasteiger partial charge in [-0.15, -0.1) is 5.10 Å². The second-order valence-electron chi connectivity index (χ2n) is 11.7. The quantitative estimate of drug-likeness (QED) is 0.518. The van der Waals surface area contributed by atoms with Crippen molar-refractivity contribution in [2.45, 2.75) is 85.0 Å². The molecule has 0 spiro atoms. The number of fused-ring (bicyclic) bond motifs is 1. The maximum absolute atomic E-state index is 13.2. The van der Waals surface area contributed by atoms with Crippen LogP contribution in [0.1, 0.15) is 100 Å². The van der Waals surface area contributed by atoms with Crippen molar-refractivity contribution in [1.29, 1.82) is 0 Å². The zero-order chi connectivity index (χ0) is 25.4. The Hall–Kier alpha value is -2.96. The molecule has 0 atom stereocenters. The van der Waals surface area contributed by atoms with Crippen LogP contribution in [-0.4, -0.2) is 43.5 Å². The predicted octanol–water partition coefficient (Wildman–Crippen LogP) is 5.59. The summed E-state index contributed by atoms with van der Waals surface area (Å²) in [6.07, 6.45) is 8.51. The number of rotatable bonds is 4. The molecule has 7 nitrogen and oxygen atoms in total. The third-order valence-electron chi connectivity index (χ3n) is 8.30. The number of carbonyl (C=O) groups excluding carboxylic acids is 1. The first-order valence-corrected chi connectivity index (χ1v) is 13.7. The molecule has 1 aromatic carbocycles. The van der Waals surface area contributed by atoms with Crippen molar-refractivity contribution in [2.75, 3.05) is 13.1 Å². The summed E-state index contributed by atoms with van der Waals surface area (Å²) >= 11 is 0. The second-order valence-corrected chi connectivity index (χ2v) is 11.7. The number of amides is 1. The van der Waals surface area contributed by atoms with Crippen molar-refractivity contribution in [2.24, 2.45) is 11.3 Å². The predicted molar refractivity (Wildman–Crippen MR) is 142 cm³/mol. The lowest BCUT2D eigenvalue weighted by Gasteiger charge is -2.36. The molecule has 1 N–H and O–H groups in total. The summed E-state index contributed by atoms with van der Waals surface area (Å²) in [5.74, 6) is 2.52. The van der Waals surface area contributed by atoms with Gasteiger partial charge in [0.05, 0.1) is 5.69 Å². The average molecular weight is 490 g/mol. The number of likely N-dealkylation sites (tertiary alicyclic amines) is 1. The monoisotopic (exact) mass is 489 g/mol. The van der Waals surface area contributed by atoms with Crippen LogP contribution in [0.25, 0.3) is 16.9 Å². The van der Waals surface area contributed by atoms with Crippen LogP contribution in [0.3, 0.4) is 0 Å². The van der Waals surface area contributed by atoms with Gasteiger partial charge < -0.3 is 9.88 Å². The van der Waals surface area contributed by atoms with Gasteiger partial charge >= 0.3 is 0 Å². The molecule has 3 heterocycles. The fraction of sp³-hybridized carbons (Fsp3) is 0.586. The van der Waals surface area contributed by atoms with Crippen molar-refractivity contribution in [3.63, 3.8) is 0 Å². The van der Waals surface area contributed by atoms with Crippen LogP contribution in [0.15, 0.2) is 29.1 Å². The molecular formula is C29H39N5O2. The zero-order valence-corrected chi connectivity index (χ0v) is 22.1. The van der Waals surface area contributed by atoms with E-state index in [1.54, 1.807) is 0 Å². The summed E-state index contributed by atoms with van der Waals surface area (Å²) in [5, 5.41) is 4.89. The third kappa shape index (κ3) is 4.72. The first-order valence-electron chi connectivity index (χ1n) is 13.7. The molecule has 1 aliphatic heterocycles. The number of carbonyl (C=O) groups is 1. The van der Waals surface area contributed by atoms with Crippen LogP contribution in [0, 0.1) is 11.3 Å². The Labute approximate surface area is 213 Å². The van der Waals surface area contributed by atoms with Crippen molar-refractivity contribution in [1.82, 2.24) is 24.5 Å². The normalized spacial score (nSPS) is 21.2. The van der Waals surface area contributed by atoms with Gasteiger partial charge in [0, 0.05) is 30.1 Å². The Morgan fingerprint density at radius 1 is 1.03 bits per heavy atom. The number of nitrogens with zero attached hydrogens (tertiary/aromatic N) is 4. The summed E-state index contributed by atoms with van der Waals surface area (Å²) in [6.45, 7) is 10.7. The number of aromatic amines is 1. The average Bonchev–Trinajstić information content (AvgIpc) is 3.28. The number of piperidine rings is 1. The van der Waals surface area contributed by atoms with Crippen LogP contribution in [0.5, 0.6) is 0 Å². The maximum atomic E-state index is 13.2. The number of hydrogen-bond acceptors (Lipinski definition) is 4. The van der Waals surface area contributed by atoms with Crippen LogP contribution in [0.4, 0.5) is 0 Å². The SMILES string of the molecule is CCc1nc([C@H]2CC[C@@H](C(C)(C)C)CC2)n2nc(-c3ccc(C(=O)N4CCCCC4)cc3)[nH]c(=O)c12. The molecule has 1 saturated carbocycles. The summed E-state index contributed by atoms with van der Waals surface area (Å²) in [6, 6.07) is 7.45. The minimum atomic E-state index is -0.160. The summed E-state index contributed by atoms with van der Waals surface area (Å²) < 4.78 is 1.81. The molecule has 0 radical (unpaired) electrons. The lowest BCUT2D eigenvalue weighted by molar-refractivity contribution is 0.0724. The molecule has 1 amide bonds. The molecule has 5 rings (SSSR count). The van der Waals surface area contributed by atoms with Gasteiger partial charge in [-0.05, 0) is 74.8 Å². The molecular weight excluding hydrogens is 450 g/mol. The number of imidazole rings is 1. The lowest BCUT2D eigenvalue weighted by Crippen LogP contribution is -2.35. The molecule has 2 aliphatic rings. The first kappa shape index (κ1) is 24.7. The highest BCUT2D eigenvalue weighted by Crippen LogP contribution is 2.43. The van der Waals surface area contributed by atoms with E-state index in [1.165, 1.54) is 19.3 Å². The molecule has 2 fully saturated rings. The van der Waals surface area contributed by atoms with E-state index < -0.39 is 0 Å². The molecule has 2 aromatic heterocycles. The van der Waals surface area contributed by atoms with Crippen LogP contribution >= 0.6 is 0 Å². The second kappa shape index (κ2) is 9.83. The number of aromatic nitrogens is 4. The topological polar surface area (TPSA) is 83.4 Å². The van der Waals surface area contributed by atoms with E-state index in [9.17, 15) is 9.59 Å². The highest BCUT2D eigenvalue weighted by molar-refractivity contribution is 5.94. The Kier molecular flexibility index (Phi) is 6.75. The minimum absolute atomic E-state index is 0.0773. The van der Waals surface area contributed by atoms with E-state index >= 15 is 0 Å². The molecule has 3 aromatic rings. The van der Waals surface area contributed by atoms with Gasteiger partial charge in [0.25, 0.3) is 11.5 Å². The van der Waals surface area contributed by atoms with Gasteiger partial charge in [0.2, 0.25) is 0 Å². The van der Waals surface area contributed by atoms with Gasteiger partial charge in [0.1, 0.15) is 5.82 Å². The number of benzene rings is 1. The molecule has 7 heteroatoms. The molecule has 1 saturated heterocycles. The first-order chi connectivity index (χ1) is 17.3. The fourth-order valence-corrected chi connectivity index (χ4v) is 6.00. The van der Waals surface area contributed by atoms with Gasteiger partial charge in [-0.25, -0.2) is 9.50 Å². The largest absolute Gasteiger partial charge is 0.339 e.